The van der Waals surface area contributed by atoms with Crippen molar-refractivity contribution in [3.63, 3.8) is 0 Å². The van der Waals surface area contributed by atoms with E-state index in [1.807, 2.05) is 6.07 Å². The molecule has 1 rings (SSSR count). The van der Waals surface area contributed by atoms with Gasteiger partial charge in [-0.05, 0) is 24.8 Å². The van der Waals surface area contributed by atoms with Gasteiger partial charge in [-0.3, -0.25) is 4.79 Å². The van der Waals surface area contributed by atoms with E-state index in [0.29, 0.717) is 6.04 Å². The lowest BCUT2D eigenvalue weighted by molar-refractivity contribution is -0.119. The summed E-state index contributed by atoms with van der Waals surface area (Å²) in [4.78, 5) is 10.9. The van der Waals surface area contributed by atoms with Gasteiger partial charge >= 0.3 is 0 Å². The Balaban J connectivity index is 2.37. The predicted octanol–water partition coefficient (Wildman–Crippen LogP) is 2.53. The Kier molecular flexibility index (Phi) is 4.88. The molecule has 1 N–H and O–H groups in total. The number of hydrogen-bond donors (Lipinski definition) is 1. The van der Waals surface area contributed by atoms with Gasteiger partial charge in [0.15, 0.2) is 0 Å². The molecule has 0 radical (unpaired) electrons. The van der Waals surface area contributed by atoms with E-state index in [9.17, 15) is 4.79 Å². The molecular formula is C13H19NO. The zero-order chi connectivity index (χ0) is 11.1. The highest BCUT2D eigenvalue weighted by Gasteiger charge is 2.06. The van der Waals surface area contributed by atoms with Gasteiger partial charge in [-0.2, -0.15) is 0 Å². The van der Waals surface area contributed by atoms with Crippen LogP contribution in [0.4, 0.5) is 0 Å². The van der Waals surface area contributed by atoms with Gasteiger partial charge in [0, 0.05) is 13.0 Å². The van der Waals surface area contributed by atoms with Gasteiger partial charge in [0.2, 0.25) is 5.91 Å². The summed E-state index contributed by atoms with van der Waals surface area (Å²) in [5.41, 5.74) is 1.33. The van der Waals surface area contributed by atoms with Crippen LogP contribution in [0.3, 0.4) is 0 Å². The molecule has 0 saturated heterocycles. The number of carbonyl (C=O) groups is 1. The third kappa shape index (κ3) is 4.63. The van der Waals surface area contributed by atoms with E-state index in [4.69, 9.17) is 0 Å². The molecule has 0 aromatic heterocycles. The van der Waals surface area contributed by atoms with Gasteiger partial charge in [0.1, 0.15) is 0 Å². The van der Waals surface area contributed by atoms with Crippen molar-refractivity contribution >= 4 is 5.91 Å². The van der Waals surface area contributed by atoms with Crippen LogP contribution in [0.2, 0.25) is 0 Å². The molecule has 0 spiro atoms. The summed E-state index contributed by atoms with van der Waals surface area (Å²) in [6.45, 7) is 3.68. The minimum atomic E-state index is 0.0647. The number of benzene rings is 1. The molecular weight excluding hydrogens is 186 g/mol. The van der Waals surface area contributed by atoms with Gasteiger partial charge < -0.3 is 5.32 Å². The van der Waals surface area contributed by atoms with Crippen molar-refractivity contribution in [3.05, 3.63) is 35.9 Å². The molecule has 2 nitrogen and oxygen atoms in total. The van der Waals surface area contributed by atoms with Crippen LogP contribution < -0.4 is 5.32 Å². The maximum absolute atomic E-state index is 10.9. The first-order chi connectivity index (χ1) is 7.22. The SMILES string of the molecule is CCC(CCc1ccccc1)NC(C)=O. The van der Waals surface area contributed by atoms with Gasteiger partial charge in [-0.25, -0.2) is 0 Å². The molecule has 0 aliphatic heterocycles. The maximum Gasteiger partial charge on any atom is 0.217 e. The molecule has 0 bridgehead atoms. The summed E-state index contributed by atoms with van der Waals surface area (Å²) < 4.78 is 0. The van der Waals surface area contributed by atoms with E-state index in [-0.39, 0.29) is 5.91 Å². The minimum Gasteiger partial charge on any atom is -0.354 e. The average molecular weight is 205 g/mol. The molecule has 82 valence electrons. The lowest BCUT2D eigenvalue weighted by atomic mass is 10.0. The first-order valence-electron chi connectivity index (χ1n) is 5.53. The average Bonchev–Trinajstić information content (AvgIpc) is 2.25. The van der Waals surface area contributed by atoms with Crippen molar-refractivity contribution in [1.82, 2.24) is 5.32 Å². The highest BCUT2D eigenvalue weighted by Crippen LogP contribution is 2.06. The lowest BCUT2D eigenvalue weighted by Crippen LogP contribution is -2.32. The Morgan fingerprint density at radius 3 is 2.53 bits per heavy atom. The van der Waals surface area contributed by atoms with Crippen molar-refractivity contribution in [1.29, 1.82) is 0 Å². The largest absolute Gasteiger partial charge is 0.354 e. The molecule has 1 unspecified atom stereocenters. The van der Waals surface area contributed by atoms with Crippen LogP contribution in [0, 0.1) is 0 Å². The Bertz CT molecular complexity index is 295. The molecule has 0 saturated carbocycles. The number of carbonyl (C=O) groups excluding carboxylic acids is 1. The van der Waals surface area contributed by atoms with Gasteiger partial charge in [-0.15, -0.1) is 0 Å². The fourth-order valence-corrected chi connectivity index (χ4v) is 1.65. The fraction of sp³-hybridized carbons (Fsp3) is 0.462. The number of hydrogen-bond acceptors (Lipinski definition) is 1. The van der Waals surface area contributed by atoms with Gasteiger partial charge in [0.05, 0.1) is 0 Å². The topological polar surface area (TPSA) is 29.1 Å². The maximum atomic E-state index is 10.9. The molecule has 2 heteroatoms. The van der Waals surface area contributed by atoms with Crippen LogP contribution >= 0.6 is 0 Å². The van der Waals surface area contributed by atoms with E-state index in [1.165, 1.54) is 5.56 Å². The van der Waals surface area contributed by atoms with Crippen LogP contribution in [0.25, 0.3) is 0 Å². The summed E-state index contributed by atoms with van der Waals surface area (Å²) in [6.07, 6.45) is 3.03. The molecule has 1 atom stereocenters. The standard InChI is InChI=1S/C13H19NO/c1-3-13(14-11(2)15)10-9-12-7-5-4-6-8-12/h4-8,13H,3,9-10H2,1-2H3,(H,14,15). The van der Waals surface area contributed by atoms with Crippen molar-refractivity contribution in [2.24, 2.45) is 0 Å². The molecule has 0 heterocycles. The first-order valence-corrected chi connectivity index (χ1v) is 5.53. The van der Waals surface area contributed by atoms with Crippen molar-refractivity contribution in [3.8, 4) is 0 Å². The van der Waals surface area contributed by atoms with E-state index in [0.717, 1.165) is 19.3 Å². The Morgan fingerprint density at radius 1 is 1.33 bits per heavy atom. The van der Waals surface area contributed by atoms with Gasteiger partial charge in [-0.1, -0.05) is 37.3 Å². The second-order valence-electron chi connectivity index (χ2n) is 3.83. The smallest absolute Gasteiger partial charge is 0.217 e. The highest BCUT2D eigenvalue weighted by atomic mass is 16.1. The van der Waals surface area contributed by atoms with Crippen LogP contribution in [0.15, 0.2) is 30.3 Å². The lowest BCUT2D eigenvalue weighted by Gasteiger charge is -2.15. The third-order valence-electron chi connectivity index (χ3n) is 2.52. The number of aryl methyl sites for hydroxylation is 1. The molecule has 0 fully saturated rings. The summed E-state index contributed by atoms with van der Waals surface area (Å²) >= 11 is 0. The van der Waals surface area contributed by atoms with Crippen LogP contribution in [-0.4, -0.2) is 11.9 Å². The second kappa shape index (κ2) is 6.23. The fourth-order valence-electron chi connectivity index (χ4n) is 1.65. The molecule has 1 aromatic rings. The van der Waals surface area contributed by atoms with E-state index >= 15 is 0 Å². The summed E-state index contributed by atoms with van der Waals surface area (Å²) in [7, 11) is 0. The molecule has 0 aliphatic carbocycles. The van der Waals surface area contributed by atoms with Crippen molar-refractivity contribution in [2.45, 2.75) is 39.2 Å². The monoisotopic (exact) mass is 205 g/mol. The van der Waals surface area contributed by atoms with E-state index in [2.05, 4.69) is 36.5 Å². The van der Waals surface area contributed by atoms with Crippen molar-refractivity contribution < 1.29 is 4.79 Å². The summed E-state index contributed by atoms with van der Waals surface area (Å²) in [6, 6.07) is 10.7. The molecule has 1 amide bonds. The van der Waals surface area contributed by atoms with Crippen molar-refractivity contribution in [2.75, 3.05) is 0 Å². The minimum absolute atomic E-state index is 0.0647. The Labute approximate surface area is 91.7 Å². The Morgan fingerprint density at radius 2 is 2.00 bits per heavy atom. The van der Waals surface area contributed by atoms with E-state index in [1.54, 1.807) is 6.92 Å². The molecule has 15 heavy (non-hydrogen) atoms. The summed E-state index contributed by atoms with van der Waals surface area (Å²) in [5, 5.41) is 2.96. The van der Waals surface area contributed by atoms with E-state index < -0.39 is 0 Å². The predicted molar refractivity (Wildman–Crippen MR) is 62.7 cm³/mol. The third-order valence-corrected chi connectivity index (χ3v) is 2.52. The van der Waals surface area contributed by atoms with Crippen LogP contribution in [0.1, 0.15) is 32.3 Å². The first kappa shape index (κ1) is 11.8. The van der Waals surface area contributed by atoms with Gasteiger partial charge in [0.25, 0.3) is 0 Å². The normalized spacial score (nSPS) is 12.1. The number of amides is 1. The molecule has 0 aliphatic rings. The van der Waals surface area contributed by atoms with Crippen LogP contribution in [-0.2, 0) is 11.2 Å². The summed E-state index contributed by atoms with van der Waals surface area (Å²) in [5.74, 6) is 0.0647. The number of rotatable bonds is 5. The zero-order valence-electron chi connectivity index (χ0n) is 9.49. The van der Waals surface area contributed by atoms with Crippen LogP contribution in [0.5, 0.6) is 0 Å². The second-order valence-corrected chi connectivity index (χ2v) is 3.83. The quantitative estimate of drug-likeness (QED) is 0.786. The number of nitrogens with one attached hydrogen (secondary N) is 1. The highest BCUT2D eigenvalue weighted by molar-refractivity contribution is 5.73. The molecule has 1 aromatic carbocycles. The Hall–Kier alpha value is -1.31. The zero-order valence-corrected chi connectivity index (χ0v) is 9.49.